The van der Waals surface area contributed by atoms with Gasteiger partial charge in [-0.1, -0.05) is 0 Å². The van der Waals surface area contributed by atoms with Gasteiger partial charge in [0, 0.05) is 26.1 Å². The summed E-state index contributed by atoms with van der Waals surface area (Å²) in [5.74, 6) is -0.867. The summed E-state index contributed by atoms with van der Waals surface area (Å²) >= 11 is 0. The van der Waals surface area contributed by atoms with Crippen LogP contribution in [0, 0.1) is 0 Å². The van der Waals surface area contributed by atoms with Crippen molar-refractivity contribution in [3.05, 3.63) is 0 Å². The molecule has 1 rings (SSSR count). The smallest absolute Gasteiger partial charge is 0.303 e. The minimum atomic E-state index is -0.867. The molecule has 0 aromatic rings. The fourth-order valence-corrected chi connectivity index (χ4v) is 1.61. The van der Waals surface area contributed by atoms with Crippen molar-refractivity contribution in [2.45, 2.75) is 37.9 Å². The van der Waals surface area contributed by atoms with Crippen LogP contribution in [0.1, 0.15) is 25.7 Å². The standard InChI is InChI=1S/C10H19NO4/c12-8(3-4-10(13)14)6-11-7-9-2-1-5-15-9/h8-9,11-12H,1-7H2,(H,13,14). The molecule has 15 heavy (non-hydrogen) atoms. The second-order valence-electron chi connectivity index (χ2n) is 3.88. The average Bonchev–Trinajstić information content (AvgIpc) is 2.67. The predicted octanol–water partition coefficient (Wildman–Crippen LogP) is -0.0193. The van der Waals surface area contributed by atoms with Gasteiger partial charge in [-0.25, -0.2) is 0 Å². The van der Waals surface area contributed by atoms with Crippen LogP contribution >= 0.6 is 0 Å². The van der Waals surface area contributed by atoms with E-state index in [0.29, 0.717) is 13.0 Å². The minimum Gasteiger partial charge on any atom is -0.481 e. The summed E-state index contributed by atoms with van der Waals surface area (Å²) in [7, 11) is 0. The van der Waals surface area contributed by atoms with E-state index in [1.165, 1.54) is 0 Å². The quantitative estimate of drug-likeness (QED) is 0.558. The number of carboxylic acid groups (broad SMARTS) is 1. The average molecular weight is 217 g/mol. The van der Waals surface area contributed by atoms with E-state index in [9.17, 15) is 9.90 Å². The summed E-state index contributed by atoms with van der Waals surface area (Å²) in [5.41, 5.74) is 0. The molecule has 0 aromatic heterocycles. The Morgan fingerprint density at radius 3 is 3.00 bits per heavy atom. The lowest BCUT2D eigenvalue weighted by Crippen LogP contribution is -2.33. The van der Waals surface area contributed by atoms with Crippen molar-refractivity contribution in [3.8, 4) is 0 Å². The summed E-state index contributed by atoms with van der Waals surface area (Å²) < 4.78 is 5.39. The molecule has 1 saturated heterocycles. The van der Waals surface area contributed by atoms with Crippen molar-refractivity contribution in [3.63, 3.8) is 0 Å². The first kappa shape index (κ1) is 12.4. The SMILES string of the molecule is O=C(O)CCC(O)CNCC1CCCO1. The number of hydrogen-bond acceptors (Lipinski definition) is 4. The van der Waals surface area contributed by atoms with Gasteiger partial charge in [0.15, 0.2) is 0 Å². The Kier molecular flexibility index (Phi) is 5.60. The maximum Gasteiger partial charge on any atom is 0.303 e. The van der Waals surface area contributed by atoms with Crippen molar-refractivity contribution in [1.29, 1.82) is 0 Å². The van der Waals surface area contributed by atoms with Crippen LogP contribution in [0.4, 0.5) is 0 Å². The van der Waals surface area contributed by atoms with Gasteiger partial charge in [0.05, 0.1) is 12.2 Å². The third-order valence-electron chi connectivity index (χ3n) is 2.47. The largest absolute Gasteiger partial charge is 0.481 e. The molecule has 0 aromatic carbocycles. The third kappa shape index (κ3) is 5.71. The van der Waals surface area contributed by atoms with Gasteiger partial charge in [-0.3, -0.25) is 4.79 Å². The molecule has 2 unspecified atom stereocenters. The van der Waals surface area contributed by atoms with Crippen LogP contribution in [-0.2, 0) is 9.53 Å². The van der Waals surface area contributed by atoms with Crippen LogP contribution in [-0.4, -0.2) is 48.1 Å². The van der Waals surface area contributed by atoms with Crippen molar-refractivity contribution in [1.82, 2.24) is 5.32 Å². The highest BCUT2D eigenvalue weighted by molar-refractivity contribution is 5.66. The maximum atomic E-state index is 10.2. The second-order valence-corrected chi connectivity index (χ2v) is 3.88. The number of ether oxygens (including phenoxy) is 1. The van der Waals surface area contributed by atoms with Crippen molar-refractivity contribution < 1.29 is 19.7 Å². The molecule has 1 fully saturated rings. The van der Waals surface area contributed by atoms with Gasteiger partial charge in [0.1, 0.15) is 0 Å². The van der Waals surface area contributed by atoms with E-state index in [-0.39, 0.29) is 12.5 Å². The highest BCUT2D eigenvalue weighted by Crippen LogP contribution is 2.10. The van der Waals surface area contributed by atoms with E-state index >= 15 is 0 Å². The van der Waals surface area contributed by atoms with Gasteiger partial charge in [-0.2, -0.15) is 0 Å². The molecule has 0 bridgehead atoms. The van der Waals surface area contributed by atoms with E-state index in [4.69, 9.17) is 9.84 Å². The molecule has 0 aliphatic carbocycles. The summed E-state index contributed by atoms with van der Waals surface area (Å²) in [4.78, 5) is 10.2. The lowest BCUT2D eigenvalue weighted by atomic mass is 10.2. The fraction of sp³-hybridized carbons (Fsp3) is 0.900. The molecule has 3 N–H and O–H groups in total. The summed E-state index contributed by atoms with van der Waals surface area (Å²) in [6.07, 6.45) is 2.17. The number of carboxylic acids is 1. The molecular weight excluding hydrogens is 198 g/mol. The van der Waals surface area contributed by atoms with E-state index in [1.54, 1.807) is 0 Å². The van der Waals surface area contributed by atoms with Crippen LogP contribution < -0.4 is 5.32 Å². The van der Waals surface area contributed by atoms with Gasteiger partial charge in [0.2, 0.25) is 0 Å². The van der Waals surface area contributed by atoms with Gasteiger partial charge in [0.25, 0.3) is 0 Å². The van der Waals surface area contributed by atoms with Gasteiger partial charge in [-0.15, -0.1) is 0 Å². The van der Waals surface area contributed by atoms with Crippen molar-refractivity contribution in [2.24, 2.45) is 0 Å². The molecule has 88 valence electrons. The Hall–Kier alpha value is -0.650. The maximum absolute atomic E-state index is 10.2. The number of aliphatic carboxylic acids is 1. The first-order valence-corrected chi connectivity index (χ1v) is 5.40. The lowest BCUT2D eigenvalue weighted by Gasteiger charge is -2.13. The molecule has 1 aliphatic heterocycles. The summed E-state index contributed by atoms with van der Waals surface area (Å²) in [6, 6.07) is 0. The lowest BCUT2D eigenvalue weighted by molar-refractivity contribution is -0.137. The zero-order valence-electron chi connectivity index (χ0n) is 8.82. The highest BCUT2D eigenvalue weighted by Gasteiger charge is 2.15. The molecule has 0 radical (unpaired) electrons. The van der Waals surface area contributed by atoms with E-state index < -0.39 is 12.1 Å². The first-order valence-electron chi connectivity index (χ1n) is 5.40. The molecule has 0 spiro atoms. The van der Waals surface area contributed by atoms with Gasteiger partial charge >= 0.3 is 5.97 Å². The molecule has 0 saturated carbocycles. The van der Waals surface area contributed by atoms with Crippen LogP contribution in [0.3, 0.4) is 0 Å². The zero-order valence-corrected chi connectivity index (χ0v) is 8.82. The van der Waals surface area contributed by atoms with Crippen molar-refractivity contribution in [2.75, 3.05) is 19.7 Å². The monoisotopic (exact) mass is 217 g/mol. The molecule has 2 atom stereocenters. The molecule has 0 amide bonds. The zero-order chi connectivity index (χ0) is 11.1. The van der Waals surface area contributed by atoms with E-state index in [2.05, 4.69) is 5.32 Å². The number of rotatable bonds is 7. The Balaban J connectivity index is 1.96. The molecule has 1 aliphatic rings. The number of nitrogens with one attached hydrogen (secondary N) is 1. The molecule has 5 nitrogen and oxygen atoms in total. The van der Waals surface area contributed by atoms with Gasteiger partial charge < -0.3 is 20.3 Å². The van der Waals surface area contributed by atoms with E-state index in [0.717, 1.165) is 26.0 Å². The Morgan fingerprint density at radius 2 is 2.40 bits per heavy atom. The third-order valence-corrected chi connectivity index (χ3v) is 2.47. The predicted molar refractivity (Wildman–Crippen MR) is 54.7 cm³/mol. The molecular formula is C10H19NO4. The summed E-state index contributed by atoms with van der Waals surface area (Å²) in [6.45, 7) is 2.01. The fourth-order valence-electron chi connectivity index (χ4n) is 1.61. The number of aliphatic hydroxyl groups excluding tert-OH is 1. The minimum absolute atomic E-state index is 0.0166. The van der Waals surface area contributed by atoms with Crippen molar-refractivity contribution >= 4 is 5.97 Å². The molecule has 5 heteroatoms. The molecule has 1 heterocycles. The Labute approximate surface area is 89.4 Å². The van der Waals surface area contributed by atoms with Crippen LogP contribution in [0.25, 0.3) is 0 Å². The Morgan fingerprint density at radius 1 is 1.60 bits per heavy atom. The summed E-state index contributed by atoms with van der Waals surface area (Å²) in [5, 5.41) is 20.9. The number of carbonyl (C=O) groups is 1. The Bertz CT molecular complexity index is 192. The topological polar surface area (TPSA) is 78.8 Å². The second kappa shape index (κ2) is 6.76. The van der Waals surface area contributed by atoms with E-state index in [1.807, 2.05) is 0 Å². The number of hydrogen-bond donors (Lipinski definition) is 3. The van der Waals surface area contributed by atoms with Crippen LogP contribution in [0.15, 0.2) is 0 Å². The van der Waals surface area contributed by atoms with Crippen LogP contribution in [0.2, 0.25) is 0 Å². The first-order chi connectivity index (χ1) is 7.18. The van der Waals surface area contributed by atoms with Gasteiger partial charge in [-0.05, 0) is 19.3 Å². The number of aliphatic hydroxyl groups is 1. The van der Waals surface area contributed by atoms with Crippen LogP contribution in [0.5, 0.6) is 0 Å². The normalized spacial score (nSPS) is 22.9. The highest BCUT2D eigenvalue weighted by atomic mass is 16.5.